The molecule has 2 fully saturated rings. The van der Waals surface area contributed by atoms with Crippen molar-refractivity contribution in [2.24, 2.45) is 0 Å². The topological polar surface area (TPSA) is 20.2 Å². The number of thioether (sulfide) groups is 1. The molecule has 2 heteroatoms. The van der Waals surface area contributed by atoms with Gasteiger partial charge >= 0.3 is 0 Å². The number of allylic oxidation sites excluding steroid dienone is 1. The fourth-order valence-electron chi connectivity index (χ4n) is 3.87. The zero-order valence-corrected chi connectivity index (χ0v) is 13.8. The molecular formula is C18H32OS. The van der Waals surface area contributed by atoms with E-state index in [9.17, 15) is 5.11 Å². The maximum absolute atomic E-state index is 10.8. The third-order valence-corrected chi connectivity index (χ3v) is 6.53. The average Bonchev–Trinajstić information content (AvgIpc) is 2.41. The molecule has 0 aliphatic carbocycles. The molecule has 2 unspecified atom stereocenters. The molecule has 2 aliphatic heterocycles. The summed E-state index contributed by atoms with van der Waals surface area (Å²) in [5.74, 6) is 0. The zero-order valence-electron chi connectivity index (χ0n) is 13.0. The van der Waals surface area contributed by atoms with Crippen LogP contribution in [0.5, 0.6) is 0 Å². The van der Waals surface area contributed by atoms with Crippen LogP contribution in [0.1, 0.15) is 83.5 Å². The number of hydrogen-bond acceptors (Lipinski definition) is 2. The van der Waals surface area contributed by atoms with E-state index in [0.717, 1.165) is 29.8 Å². The van der Waals surface area contributed by atoms with Gasteiger partial charge in [0.15, 0.2) is 0 Å². The Kier molecular flexibility index (Phi) is 6.96. The molecule has 1 nitrogen and oxygen atoms in total. The molecule has 0 spiro atoms. The standard InChI is InChI=1S/C18H32OS/c1-2-3-4-5-6-7-8-9-13-18(19)14-16-11-10-12-17(15-18)20-16/h2,16-17,19H,1,3-15H2. The molecule has 0 aromatic carbocycles. The van der Waals surface area contributed by atoms with Gasteiger partial charge in [-0.05, 0) is 44.9 Å². The summed E-state index contributed by atoms with van der Waals surface area (Å²) in [6.07, 6.45) is 18.3. The molecule has 0 saturated carbocycles. The van der Waals surface area contributed by atoms with Crippen LogP contribution in [0.4, 0.5) is 0 Å². The van der Waals surface area contributed by atoms with Crippen LogP contribution in [-0.2, 0) is 0 Å². The predicted molar refractivity (Wildman–Crippen MR) is 90.3 cm³/mol. The molecule has 1 N–H and O–H groups in total. The fraction of sp³-hybridized carbons (Fsp3) is 0.889. The van der Waals surface area contributed by atoms with E-state index in [-0.39, 0.29) is 5.60 Å². The second kappa shape index (κ2) is 8.48. The molecule has 2 saturated heterocycles. The lowest BCUT2D eigenvalue weighted by atomic mass is 9.82. The highest BCUT2D eigenvalue weighted by molar-refractivity contribution is 8.00. The number of hydrogen-bond donors (Lipinski definition) is 1. The van der Waals surface area contributed by atoms with Gasteiger partial charge in [0.05, 0.1) is 5.60 Å². The summed E-state index contributed by atoms with van der Waals surface area (Å²) in [4.78, 5) is 0. The van der Waals surface area contributed by atoms with Crippen molar-refractivity contribution >= 4 is 11.8 Å². The van der Waals surface area contributed by atoms with Gasteiger partial charge in [0.2, 0.25) is 0 Å². The quantitative estimate of drug-likeness (QED) is 0.449. The maximum atomic E-state index is 10.8. The number of unbranched alkanes of at least 4 members (excludes halogenated alkanes) is 6. The van der Waals surface area contributed by atoms with Crippen molar-refractivity contribution in [2.45, 2.75) is 99.6 Å². The normalized spacial score (nSPS) is 33.0. The van der Waals surface area contributed by atoms with E-state index < -0.39 is 0 Å². The number of aliphatic hydroxyl groups is 1. The summed E-state index contributed by atoms with van der Waals surface area (Å²) in [5.41, 5.74) is -0.316. The Balaban J connectivity index is 1.55. The summed E-state index contributed by atoms with van der Waals surface area (Å²) < 4.78 is 0. The number of rotatable bonds is 9. The van der Waals surface area contributed by atoms with Gasteiger partial charge < -0.3 is 5.11 Å². The molecule has 2 heterocycles. The van der Waals surface area contributed by atoms with Crippen LogP contribution >= 0.6 is 11.8 Å². The van der Waals surface area contributed by atoms with E-state index >= 15 is 0 Å². The van der Waals surface area contributed by atoms with Crippen molar-refractivity contribution in [1.29, 1.82) is 0 Å². The van der Waals surface area contributed by atoms with Crippen molar-refractivity contribution in [3.63, 3.8) is 0 Å². The van der Waals surface area contributed by atoms with E-state index in [1.165, 1.54) is 64.2 Å². The predicted octanol–water partition coefficient (Wildman–Crippen LogP) is 5.47. The summed E-state index contributed by atoms with van der Waals surface area (Å²) in [5, 5.41) is 12.3. The first-order chi connectivity index (χ1) is 9.72. The van der Waals surface area contributed by atoms with E-state index in [1.807, 2.05) is 6.08 Å². The highest BCUT2D eigenvalue weighted by Gasteiger charge is 2.40. The highest BCUT2D eigenvalue weighted by Crippen LogP contribution is 2.47. The zero-order chi connectivity index (χ0) is 14.3. The molecule has 0 radical (unpaired) electrons. The van der Waals surface area contributed by atoms with Gasteiger partial charge in [-0.1, -0.05) is 44.6 Å². The Bertz CT molecular complexity index is 277. The maximum Gasteiger partial charge on any atom is 0.0668 e. The van der Waals surface area contributed by atoms with Crippen LogP contribution in [0.2, 0.25) is 0 Å². The van der Waals surface area contributed by atoms with Crippen molar-refractivity contribution in [3.8, 4) is 0 Å². The van der Waals surface area contributed by atoms with Gasteiger partial charge in [-0.2, -0.15) is 11.8 Å². The van der Waals surface area contributed by atoms with Crippen LogP contribution in [-0.4, -0.2) is 21.2 Å². The summed E-state index contributed by atoms with van der Waals surface area (Å²) >= 11 is 2.16. The van der Waals surface area contributed by atoms with Gasteiger partial charge in [-0.15, -0.1) is 6.58 Å². The Morgan fingerprint density at radius 3 is 2.25 bits per heavy atom. The molecule has 2 aliphatic rings. The molecule has 116 valence electrons. The Hall–Kier alpha value is 0.0500. The molecule has 2 bridgehead atoms. The van der Waals surface area contributed by atoms with Gasteiger partial charge in [0.1, 0.15) is 0 Å². The van der Waals surface area contributed by atoms with Crippen molar-refractivity contribution in [1.82, 2.24) is 0 Å². The molecular weight excluding hydrogens is 264 g/mol. The molecule has 20 heavy (non-hydrogen) atoms. The van der Waals surface area contributed by atoms with Crippen LogP contribution in [0.25, 0.3) is 0 Å². The molecule has 0 amide bonds. The minimum absolute atomic E-state index is 0.316. The minimum atomic E-state index is -0.316. The largest absolute Gasteiger partial charge is 0.390 e. The fourth-order valence-corrected chi connectivity index (χ4v) is 5.83. The molecule has 0 aromatic heterocycles. The first-order valence-corrected chi connectivity index (χ1v) is 9.65. The summed E-state index contributed by atoms with van der Waals surface area (Å²) in [6, 6.07) is 0. The SMILES string of the molecule is C=CCCCCCCCCC1(O)CC2CCCC(C1)S2. The van der Waals surface area contributed by atoms with Crippen LogP contribution in [0.3, 0.4) is 0 Å². The number of fused-ring (bicyclic) bond motifs is 2. The molecule has 2 atom stereocenters. The van der Waals surface area contributed by atoms with Crippen LogP contribution in [0.15, 0.2) is 12.7 Å². The van der Waals surface area contributed by atoms with E-state index in [0.29, 0.717) is 0 Å². The third kappa shape index (κ3) is 5.44. The smallest absolute Gasteiger partial charge is 0.0668 e. The molecule has 0 aromatic rings. The lowest BCUT2D eigenvalue weighted by molar-refractivity contribution is 0.00235. The van der Waals surface area contributed by atoms with Crippen molar-refractivity contribution in [3.05, 3.63) is 12.7 Å². The Labute approximate surface area is 129 Å². The van der Waals surface area contributed by atoms with E-state index in [4.69, 9.17) is 0 Å². The summed E-state index contributed by atoms with van der Waals surface area (Å²) in [7, 11) is 0. The van der Waals surface area contributed by atoms with Crippen LogP contribution in [0, 0.1) is 0 Å². The Morgan fingerprint density at radius 1 is 1.00 bits per heavy atom. The highest BCUT2D eigenvalue weighted by atomic mass is 32.2. The minimum Gasteiger partial charge on any atom is -0.390 e. The molecule has 2 rings (SSSR count). The summed E-state index contributed by atoms with van der Waals surface area (Å²) in [6.45, 7) is 3.76. The lowest BCUT2D eigenvalue weighted by Crippen LogP contribution is -2.42. The second-order valence-electron chi connectivity index (χ2n) is 6.89. The van der Waals surface area contributed by atoms with Gasteiger partial charge in [0.25, 0.3) is 0 Å². The second-order valence-corrected chi connectivity index (χ2v) is 8.50. The average molecular weight is 297 g/mol. The van der Waals surface area contributed by atoms with Crippen molar-refractivity contribution in [2.75, 3.05) is 0 Å². The monoisotopic (exact) mass is 296 g/mol. The lowest BCUT2D eigenvalue weighted by Gasteiger charge is -2.44. The van der Waals surface area contributed by atoms with Gasteiger partial charge in [0, 0.05) is 10.5 Å². The third-order valence-electron chi connectivity index (χ3n) is 4.95. The first-order valence-electron chi connectivity index (χ1n) is 8.71. The van der Waals surface area contributed by atoms with Crippen LogP contribution < -0.4 is 0 Å². The van der Waals surface area contributed by atoms with Crippen molar-refractivity contribution < 1.29 is 5.11 Å². The van der Waals surface area contributed by atoms with Gasteiger partial charge in [-0.25, -0.2) is 0 Å². The first kappa shape index (κ1) is 16.4. The van der Waals surface area contributed by atoms with Gasteiger partial charge in [-0.3, -0.25) is 0 Å². The van der Waals surface area contributed by atoms with E-state index in [1.54, 1.807) is 0 Å². The van der Waals surface area contributed by atoms with E-state index in [2.05, 4.69) is 18.3 Å². The Morgan fingerprint density at radius 2 is 1.60 bits per heavy atom.